The highest BCUT2D eigenvalue weighted by Crippen LogP contribution is 2.05. The number of nitrogens with one attached hydrogen (secondary N) is 2. The highest BCUT2D eigenvalue weighted by Gasteiger charge is 2.12. The maximum Gasteiger partial charge on any atom is 0.243 e. The lowest BCUT2D eigenvalue weighted by molar-refractivity contribution is -0.127. The van der Waals surface area contributed by atoms with E-state index < -0.39 is 0 Å². The zero-order valence-corrected chi connectivity index (χ0v) is 18.2. The summed E-state index contributed by atoms with van der Waals surface area (Å²) in [5, 5.41) is 6.45. The summed E-state index contributed by atoms with van der Waals surface area (Å²) in [5.41, 5.74) is 0. The lowest BCUT2D eigenvalue weighted by atomic mass is 10.2. The highest BCUT2D eigenvalue weighted by atomic mass is 127. The fourth-order valence-electron chi connectivity index (χ4n) is 2.21. The number of hydrogen-bond donors (Lipinski definition) is 2. The van der Waals surface area contributed by atoms with E-state index in [0.29, 0.717) is 18.0 Å². The summed E-state index contributed by atoms with van der Waals surface area (Å²) in [6, 6.07) is 1.11. The molecule has 0 spiro atoms. The van der Waals surface area contributed by atoms with Gasteiger partial charge in [-0.25, -0.2) is 4.99 Å². The van der Waals surface area contributed by atoms with Crippen LogP contribution in [0.3, 0.4) is 0 Å². The molecule has 1 amide bonds. The maximum atomic E-state index is 11.6. The van der Waals surface area contributed by atoms with Crippen molar-refractivity contribution in [3.63, 3.8) is 0 Å². The molecule has 0 aliphatic rings. The normalized spacial score (nSPS) is 11.7. The minimum Gasteiger partial charge on any atom is -0.357 e. The fourth-order valence-corrected chi connectivity index (χ4v) is 2.21. The van der Waals surface area contributed by atoms with Gasteiger partial charge >= 0.3 is 0 Å². The van der Waals surface area contributed by atoms with Crippen molar-refractivity contribution in [2.75, 3.05) is 40.3 Å². The van der Waals surface area contributed by atoms with E-state index >= 15 is 0 Å². The van der Waals surface area contributed by atoms with Crippen LogP contribution in [0.25, 0.3) is 0 Å². The third-order valence-electron chi connectivity index (χ3n) is 3.43. The molecule has 2 N–H and O–H groups in total. The first-order chi connectivity index (χ1) is 10.3. The summed E-state index contributed by atoms with van der Waals surface area (Å²) < 4.78 is 0. The number of aliphatic imine (C=N–C) groups is 1. The molecule has 0 saturated carbocycles. The van der Waals surface area contributed by atoms with Gasteiger partial charge in [-0.3, -0.25) is 9.69 Å². The number of likely N-dealkylation sites (N-methyl/N-ethyl adjacent to an activating group) is 1. The average Bonchev–Trinajstić information content (AvgIpc) is 2.42. The standard InChI is InChI=1S/C16H35N5O.HI/c1-8-17-16(19-12-15(22)20(6)7)18-10-9-11-21(13(2)3)14(4)5;/h13-14H,8-12H2,1-7H3,(H2,17,18,19);1H. The summed E-state index contributed by atoms with van der Waals surface area (Å²) in [5.74, 6) is 0.710. The SMILES string of the molecule is CCNC(=NCC(=O)N(C)C)NCCCN(C(C)C)C(C)C.I. The Balaban J connectivity index is 0. The van der Waals surface area contributed by atoms with Crippen molar-refractivity contribution < 1.29 is 4.79 Å². The van der Waals surface area contributed by atoms with Crippen molar-refractivity contribution in [3.8, 4) is 0 Å². The van der Waals surface area contributed by atoms with Crippen LogP contribution in [0.2, 0.25) is 0 Å². The zero-order chi connectivity index (χ0) is 17.1. The van der Waals surface area contributed by atoms with Gasteiger partial charge in [0, 0.05) is 45.8 Å². The summed E-state index contributed by atoms with van der Waals surface area (Å²) in [6.45, 7) is 13.8. The van der Waals surface area contributed by atoms with E-state index in [1.165, 1.54) is 0 Å². The van der Waals surface area contributed by atoms with Crippen LogP contribution in [-0.4, -0.2) is 74.0 Å². The molecule has 0 aromatic heterocycles. The number of amides is 1. The number of hydrogen-bond acceptors (Lipinski definition) is 3. The van der Waals surface area contributed by atoms with Crippen LogP contribution >= 0.6 is 24.0 Å². The Morgan fingerprint density at radius 2 is 1.65 bits per heavy atom. The number of halogens is 1. The lowest BCUT2D eigenvalue weighted by Gasteiger charge is -2.30. The molecular weight excluding hydrogens is 405 g/mol. The Kier molecular flexibility index (Phi) is 14.8. The van der Waals surface area contributed by atoms with Crippen LogP contribution in [0.5, 0.6) is 0 Å². The molecule has 138 valence electrons. The van der Waals surface area contributed by atoms with Crippen LogP contribution in [0.1, 0.15) is 41.0 Å². The molecule has 0 heterocycles. The predicted molar refractivity (Wildman–Crippen MR) is 110 cm³/mol. The summed E-state index contributed by atoms with van der Waals surface area (Å²) >= 11 is 0. The molecule has 23 heavy (non-hydrogen) atoms. The second-order valence-electron chi connectivity index (χ2n) is 6.19. The first kappa shape index (κ1) is 24.7. The summed E-state index contributed by atoms with van der Waals surface area (Å²) in [6.07, 6.45) is 1.04. The van der Waals surface area contributed by atoms with Gasteiger partial charge in [0.05, 0.1) is 0 Å². The van der Waals surface area contributed by atoms with Gasteiger partial charge in [0.2, 0.25) is 5.91 Å². The topological polar surface area (TPSA) is 60.0 Å². The van der Waals surface area contributed by atoms with Crippen molar-refractivity contribution in [1.82, 2.24) is 20.4 Å². The molecule has 0 aliphatic heterocycles. The van der Waals surface area contributed by atoms with Crippen LogP contribution < -0.4 is 10.6 Å². The van der Waals surface area contributed by atoms with Crippen molar-refractivity contribution in [2.45, 2.75) is 53.1 Å². The van der Waals surface area contributed by atoms with E-state index in [2.05, 4.69) is 48.2 Å². The Morgan fingerprint density at radius 3 is 2.09 bits per heavy atom. The Hall–Kier alpha value is -0.570. The second-order valence-corrected chi connectivity index (χ2v) is 6.19. The van der Waals surface area contributed by atoms with Gasteiger partial charge < -0.3 is 15.5 Å². The van der Waals surface area contributed by atoms with Gasteiger partial charge in [-0.05, 0) is 41.0 Å². The second kappa shape index (κ2) is 13.8. The molecule has 6 nitrogen and oxygen atoms in total. The largest absolute Gasteiger partial charge is 0.357 e. The zero-order valence-electron chi connectivity index (χ0n) is 15.8. The molecule has 0 fully saturated rings. The van der Waals surface area contributed by atoms with Crippen LogP contribution in [0.4, 0.5) is 0 Å². The molecule has 0 unspecified atom stereocenters. The average molecular weight is 441 g/mol. The molecular formula is C16H36IN5O. The van der Waals surface area contributed by atoms with E-state index in [0.717, 1.165) is 26.1 Å². The quantitative estimate of drug-likeness (QED) is 0.248. The first-order valence-electron chi connectivity index (χ1n) is 8.27. The van der Waals surface area contributed by atoms with E-state index in [1.807, 2.05) is 6.92 Å². The Morgan fingerprint density at radius 1 is 1.09 bits per heavy atom. The number of nitrogens with zero attached hydrogens (tertiary/aromatic N) is 3. The number of rotatable bonds is 9. The van der Waals surface area contributed by atoms with Gasteiger partial charge in [0.1, 0.15) is 6.54 Å². The molecule has 0 radical (unpaired) electrons. The summed E-state index contributed by atoms with van der Waals surface area (Å²) in [7, 11) is 3.48. The van der Waals surface area contributed by atoms with Crippen LogP contribution in [-0.2, 0) is 4.79 Å². The van der Waals surface area contributed by atoms with Crippen molar-refractivity contribution in [2.24, 2.45) is 4.99 Å². The molecule has 0 saturated heterocycles. The Labute approximate surface area is 159 Å². The predicted octanol–water partition coefficient (Wildman–Crippen LogP) is 1.76. The third-order valence-corrected chi connectivity index (χ3v) is 3.43. The number of guanidine groups is 1. The van der Waals surface area contributed by atoms with E-state index in [1.54, 1.807) is 19.0 Å². The lowest BCUT2D eigenvalue weighted by Crippen LogP contribution is -2.41. The van der Waals surface area contributed by atoms with Gasteiger partial charge in [-0.1, -0.05) is 0 Å². The number of carbonyl (C=O) groups is 1. The maximum absolute atomic E-state index is 11.6. The van der Waals surface area contributed by atoms with Crippen LogP contribution in [0.15, 0.2) is 4.99 Å². The molecule has 0 aromatic rings. The van der Waals surface area contributed by atoms with Crippen molar-refractivity contribution in [3.05, 3.63) is 0 Å². The molecule has 0 rings (SSSR count). The molecule has 7 heteroatoms. The van der Waals surface area contributed by atoms with Gasteiger partial charge in [-0.2, -0.15) is 0 Å². The van der Waals surface area contributed by atoms with Gasteiger partial charge in [0.15, 0.2) is 5.96 Å². The summed E-state index contributed by atoms with van der Waals surface area (Å²) in [4.78, 5) is 19.9. The minimum absolute atomic E-state index is 0. The van der Waals surface area contributed by atoms with E-state index in [-0.39, 0.29) is 36.4 Å². The fraction of sp³-hybridized carbons (Fsp3) is 0.875. The van der Waals surface area contributed by atoms with Crippen LogP contribution in [0, 0.1) is 0 Å². The molecule has 0 aliphatic carbocycles. The van der Waals surface area contributed by atoms with E-state index in [9.17, 15) is 4.79 Å². The third kappa shape index (κ3) is 11.6. The number of carbonyl (C=O) groups excluding carboxylic acids is 1. The Bertz CT molecular complexity index is 337. The molecule has 0 aromatic carbocycles. The highest BCUT2D eigenvalue weighted by molar-refractivity contribution is 14.0. The van der Waals surface area contributed by atoms with Crippen molar-refractivity contribution in [1.29, 1.82) is 0 Å². The van der Waals surface area contributed by atoms with Crippen molar-refractivity contribution >= 4 is 35.8 Å². The minimum atomic E-state index is 0. The van der Waals surface area contributed by atoms with Gasteiger partial charge in [-0.15, -0.1) is 24.0 Å². The molecule has 0 bridgehead atoms. The van der Waals surface area contributed by atoms with E-state index in [4.69, 9.17) is 0 Å². The molecule has 0 atom stereocenters. The smallest absolute Gasteiger partial charge is 0.243 e. The first-order valence-corrected chi connectivity index (χ1v) is 8.27. The monoisotopic (exact) mass is 441 g/mol. The van der Waals surface area contributed by atoms with Gasteiger partial charge in [0.25, 0.3) is 0 Å².